The molecule has 0 amide bonds. The molecule has 1 fully saturated rings. The third kappa shape index (κ3) is 9.27. The van der Waals surface area contributed by atoms with Crippen LogP contribution in [0.3, 0.4) is 0 Å². The highest BCUT2D eigenvalue weighted by molar-refractivity contribution is 5.67. The quantitative estimate of drug-likeness (QED) is 0.152. The second-order valence-electron chi connectivity index (χ2n) is 12.4. The van der Waals surface area contributed by atoms with Gasteiger partial charge in [0.25, 0.3) is 5.95 Å². The summed E-state index contributed by atoms with van der Waals surface area (Å²) >= 11 is 0. The fourth-order valence-electron chi connectivity index (χ4n) is 6.37. The number of aromatic nitrogens is 5. The van der Waals surface area contributed by atoms with Gasteiger partial charge >= 0.3 is 18.3 Å². The van der Waals surface area contributed by atoms with Gasteiger partial charge in [-0.1, -0.05) is 35.4 Å². The molecular formula is C34H37F6N7O2. The number of carboxylic acid groups (broad SMARTS) is 1. The highest BCUT2D eigenvalue weighted by Crippen LogP contribution is 2.38. The number of rotatable bonds is 12. The first-order valence-electron chi connectivity index (χ1n) is 16.0. The van der Waals surface area contributed by atoms with Gasteiger partial charge in [-0.3, -0.25) is 4.79 Å². The minimum absolute atomic E-state index is 0.00580. The molecule has 0 aliphatic heterocycles. The first kappa shape index (κ1) is 35.6. The van der Waals surface area contributed by atoms with Crippen molar-refractivity contribution in [2.45, 2.75) is 64.5 Å². The number of benzene rings is 2. The monoisotopic (exact) mass is 689 g/mol. The minimum Gasteiger partial charge on any atom is -0.481 e. The van der Waals surface area contributed by atoms with E-state index < -0.39 is 29.4 Å². The Labute approximate surface area is 279 Å². The Balaban J connectivity index is 1.52. The zero-order valence-electron chi connectivity index (χ0n) is 27.0. The van der Waals surface area contributed by atoms with E-state index in [1.165, 1.54) is 11.9 Å². The number of nitrogens with zero attached hydrogens (tertiary/aromatic N) is 7. The van der Waals surface area contributed by atoms with Crippen molar-refractivity contribution < 1.29 is 36.2 Å². The summed E-state index contributed by atoms with van der Waals surface area (Å²) in [4.78, 5) is 20.8. The van der Waals surface area contributed by atoms with Crippen molar-refractivity contribution in [2.75, 3.05) is 22.9 Å². The van der Waals surface area contributed by atoms with Gasteiger partial charge in [0.05, 0.1) is 18.2 Å². The lowest BCUT2D eigenvalue weighted by Crippen LogP contribution is -2.34. The smallest absolute Gasteiger partial charge is 0.416 e. The molecule has 0 atom stereocenters. The summed E-state index contributed by atoms with van der Waals surface area (Å²) in [6.45, 7) is 2.82. The van der Waals surface area contributed by atoms with Gasteiger partial charge in [0.15, 0.2) is 0 Å². The Hall–Kier alpha value is -4.69. The van der Waals surface area contributed by atoms with Gasteiger partial charge in [0, 0.05) is 49.9 Å². The van der Waals surface area contributed by atoms with Gasteiger partial charge in [-0.15, -0.1) is 5.10 Å². The average Bonchev–Trinajstić information content (AvgIpc) is 3.49. The number of alkyl halides is 6. The summed E-state index contributed by atoms with van der Waals surface area (Å²) in [6, 6.07) is 12.9. The van der Waals surface area contributed by atoms with Crippen LogP contribution in [0.4, 0.5) is 38.1 Å². The van der Waals surface area contributed by atoms with Crippen molar-refractivity contribution in [3.05, 3.63) is 83.0 Å². The van der Waals surface area contributed by atoms with E-state index in [9.17, 15) is 36.2 Å². The van der Waals surface area contributed by atoms with Crippen LogP contribution in [0, 0.1) is 11.8 Å². The molecule has 0 unspecified atom stereocenters. The summed E-state index contributed by atoms with van der Waals surface area (Å²) in [6.07, 6.45) is -4.76. The zero-order valence-corrected chi connectivity index (χ0v) is 27.0. The van der Waals surface area contributed by atoms with Gasteiger partial charge in [-0.25, -0.2) is 4.98 Å². The van der Waals surface area contributed by atoms with Gasteiger partial charge < -0.3 is 14.9 Å². The third-order valence-electron chi connectivity index (χ3n) is 8.80. The van der Waals surface area contributed by atoms with Gasteiger partial charge in [-0.2, -0.15) is 31.1 Å². The summed E-state index contributed by atoms with van der Waals surface area (Å²) < 4.78 is 82.5. The third-order valence-corrected chi connectivity index (χ3v) is 8.80. The number of aryl methyl sites for hydroxylation is 1. The van der Waals surface area contributed by atoms with Crippen LogP contribution in [-0.2, 0) is 37.3 Å². The van der Waals surface area contributed by atoms with Crippen LogP contribution in [0.25, 0.3) is 11.1 Å². The molecule has 15 heteroatoms. The molecule has 1 aliphatic rings. The second kappa shape index (κ2) is 14.8. The number of hydrogen-bond donors (Lipinski definition) is 1. The molecule has 0 saturated heterocycles. The standard InChI is InChI=1S/C34H37F6N7O2/c1-3-46(19-23-11-9-22(10-12-23)15-30(48)49)31-27(16-26(18-41-31)25-7-5-4-6-8-25)21-47(32-42-44-45(2)43-32)20-24-13-28(33(35,36)37)17-29(14-24)34(38,39)40/h4-8,13-14,16-18,22-23H,3,9-12,15,19-21H2,1-2H3,(H,48,49). The van der Waals surface area contributed by atoms with E-state index in [0.717, 1.165) is 41.6 Å². The summed E-state index contributed by atoms with van der Waals surface area (Å²) in [5.74, 6) is 0.266. The van der Waals surface area contributed by atoms with Crippen LogP contribution >= 0.6 is 0 Å². The van der Waals surface area contributed by atoms with Gasteiger partial charge in [0.2, 0.25) is 0 Å². The molecule has 2 heterocycles. The second-order valence-corrected chi connectivity index (χ2v) is 12.4. The van der Waals surface area contributed by atoms with Gasteiger partial charge in [0.1, 0.15) is 5.82 Å². The number of carbonyl (C=O) groups is 1. The van der Waals surface area contributed by atoms with Crippen LogP contribution in [0.2, 0.25) is 0 Å². The lowest BCUT2D eigenvalue weighted by atomic mass is 9.80. The van der Waals surface area contributed by atoms with Crippen molar-refractivity contribution in [1.29, 1.82) is 0 Å². The molecule has 9 nitrogen and oxygen atoms in total. The van der Waals surface area contributed by atoms with Crippen molar-refractivity contribution >= 4 is 17.7 Å². The van der Waals surface area contributed by atoms with E-state index in [0.29, 0.717) is 36.6 Å². The fourth-order valence-corrected chi connectivity index (χ4v) is 6.37. The molecule has 1 aliphatic carbocycles. The number of hydrogen-bond acceptors (Lipinski definition) is 7. The highest BCUT2D eigenvalue weighted by Gasteiger charge is 2.37. The number of halogens is 6. The van der Waals surface area contributed by atoms with Crippen molar-refractivity contribution in [2.24, 2.45) is 18.9 Å². The molecule has 0 radical (unpaired) electrons. The van der Waals surface area contributed by atoms with Gasteiger partial charge in [-0.05, 0) is 85.0 Å². The summed E-state index contributed by atoms with van der Waals surface area (Å²) in [5, 5.41) is 21.4. The molecule has 2 aromatic carbocycles. The fraction of sp³-hybridized carbons (Fsp3) is 0.441. The Bertz CT molecular complexity index is 1690. The number of pyridine rings is 1. The Kier molecular flexibility index (Phi) is 10.8. The lowest BCUT2D eigenvalue weighted by Gasteiger charge is -2.34. The average molecular weight is 690 g/mol. The molecule has 49 heavy (non-hydrogen) atoms. The predicted octanol–water partition coefficient (Wildman–Crippen LogP) is 7.62. The van der Waals surface area contributed by atoms with E-state index in [-0.39, 0.29) is 48.9 Å². The Morgan fingerprint density at radius 1 is 0.878 bits per heavy atom. The van der Waals surface area contributed by atoms with Crippen LogP contribution in [0.1, 0.15) is 61.3 Å². The predicted molar refractivity (Wildman–Crippen MR) is 170 cm³/mol. The number of aliphatic carboxylic acids is 1. The molecule has 1 N–H and O–H groups in total. The zero-order chi connectivity index (χ0) is 35.3. The van der Waals surface area contributed by atoms with E-state index in [1.807, 2.05) is 43.3 Å². The molecule has 4 aromatic rings. The Morgan fingerprint density at radius 3 is 2.06 bits per heavy atom. The first-order valence-corrected chi connectivity index (χ1v) is 16.0. The normalized spacial score (nSPS) is 16.8. The number of tetrazole rings is 1. The molecule has 0 bridgehead atoms. The number of anilines is 2. The largest absolute Gasteiger partial charge is 0.481 e. The van der Waals surface area contributed by atoms with Crippen LogP contribution in [0.5, 0.6) is 0 Å². The van der Waals surface area contributed by atoms with Crippen LogP contribution < -0.4 is 9.80 Å². The molecule has 262 valence electrons. The molecule has 1 saturated carbocycles. The first-order chi connectivity index (χ1) is 23.2. The summed E-state index contributed by atoms with van der Waals surface area (Å²) in [7, 11) is 1.51. The topological polar surface area (TPSA) is 100 Å². The molecular weight excluding hydrogens is 652 g/mol. The minimum atomic E-state index is -5.00. The van der Waals surface area contributed by atoms with E-state index in [4.69, 9.17) is 4.98 Å². The van der Waals surface area contributed by atoms with E-state index in [2.05, 4.69) is 20.3 Å². The maximum Gasteiger partial charge on any atom is 0.416 e. The van der Waals surface area contributed by atoms with Crippen LogP contribution in [0.15, 0.2) is 60.8 Å². The van der Waals surface area contributed by atoms with E-state index >= 15 is 0 Å². The maximum atomic E-state index is 13.7. The van der Waals surface area contributed by atoms with E-state index in [1.54, 1.807) is 6.20 Å². The van der Waals surface area contributed by atoms with Crippen LogP contribution in [-0.4, -0.2) is 49.4 Å². The lowest BCUT2D eigenvalue weighted by molar-refractivity contribution is -0.143. The van der Waals surface area contributed by atoms with Crippen molar-refractivity contribution in [3.8, 4) is 11.1 Å². The van der Waals surface area contributed by atoms with Crippen molar-refractivity contribution in [1.82, 2.24) is 25.2 Å². The molecule has 2 aromatic heterocycles. The maximum absolute atomic E-state index is 13.7. The van der Waals surface area contributed by atoms with Crippen molar-refractivity contribution in [3.63, 3.8) is 0 Å². The summed E-state index contributed by atoms with van der Waals surface area (Å²) in [5.41, 5.74) is -0.734. The SMILES string of the molecule is CCN(CC1CCC(CC(=O)O)CC1)c1ncc(-c2ccccc2)cc1CN(Cc1cc(C(F)(F)F)cc(C(F)(F)F)c1)c1nnn(C)n1. The Morgan fingerprint density at radius 2 is 1.51 bits per heavy atom. The highest BCUT2D eigenvalue weighted by atomic mass is 19.4. The molecule has 0 spiro atoms. The molecule has 5 rings (SSSR count). The number of carboxylic acids is 1.